The summed E-state index contributed by atoms with van der Waals surface area (Å²) in [6.45, 7) is 0. The number of hydrogen-bond acceptors (Lipinski definition) is 1. The molecular formula is C14H9Br2F3O. The van der Waals surface area contributed by atoms with E-state index in [9.17, 15) is 18.3 Å². The third kappa shape index (κ3) is 3.42. The van der Waals surface area contributed by atoms with Gasteiger partial charge in [0, 0.05) is 16.5 Å². The van der Waals surface area contributed by atoms with Crippen molar-refractivity contribution in [3.63, 3.8) is 0 Å². The summed E-state index contributed by atoms with van der Waals surface area (Å²) < 4.78 is 41.2. The average Bonchev–Trinajstić information content (AvgIpc) is 2.38. The minimum absolute atomic E-state index is 0.113. The Labute approximate surface area is 130 Å². The van der Waals surface area contributed by atoms with Crippen molar-refractivity contribution < 1.29 is 18.3 Å². The molecule has 0 heterocycles. The maximum absolute atomic E-state index is 13.8. The van der Waals surface area contributed by atoms with Gasteiger partial charge in [0.15, 0.2) is 0 Å². The highest BCUT2D eigenvalue weighted by atomic mass is 79.9. The minimum Gasteiger partial charge on any atom is -0.388 e. The van der Waals surface area contributed by atoms with E-state index in [0.29, 0.717) is 4.47 Å². The molecule has 0 radical (unpaired) electrons. The number of aliphatic hydroxyl groups is 1. The summed E-state index contributed by atoms with van der Waals surface area (Å²) in [6.07, 6.45) is -1.49. The Morgan fingerprint density at radius 3 is 2.40 bits per heavy atom. The maximum atomic E-state index is 13.8. The Morgan fingerprint density at radius 1 is 1.05 bits per heavy atom. The molecule has 0 spiro atoms. The lowest BCUT2D eigenvalue weighted by Crippen LogP contribution is -2.06. The van der Waals surface area contributed by atoms with E-state index in [-0.39, 0.29) is 22.0 Å². The Kier molecular flexibility index (Phi) is 4.88. The SMILES string of the molecule is OC(Cc1c(F)ccc(Br)c1F)c1cc(F)cc(Br)c1. The standard InChI is InChI=1S/C14H9Br2F3O/c15-8-3-7(4-9(17)5-8)13(20)6-10-12(18)2-1-11(16)14(10)19/h1-5,13,20H,6H2. The quantitative estimate of drug-likeness (QED) is 0.714. The molecule has 0 bridgehead atoms. The van der Waals surface area contributed by atoms with E-state index < -0.39 is 23.6 Å². The van der Waals surface area contributed by atoms with Crippen molar-refractivity contribution >= 4 is 31.9 Å². The monoisotopic (exact) mass is 408 g/mol. The summed E-state index contributed by atoms with van der Waals surface area (Å²) in [5.41, 5.74) is 0.00269. The average molecular weight is 410 g/mol. The van der Waals surface area contributed by atoms with Crippen molar-refractivity contribution in [1.29, 1.82) is 0 Å². The smallest absolute Gasteiger partial charge is 0.143 e. The van der Waals surface area contributed by atoms with Crippen LogP contribution in [0.4, 0.5) is 13.2 Å². The van der Waals surface area contributed by atoms with Crippen molar-refractivity contribution in [1.82, 2.24) is 0 Å². The van der Waals surface area contributed by atoms with E-state index in [1.54, 1.807) is 0 Å². The second-order valence-corrected chi connectivity index (χ2v) is 6.01. The van der Waals surface area contributed by atoms with Crippen LogP contribution in [0.15, 0.2) is 39.3 Å². The predicted molar refractivity (Wildman–Crippen MR) is 76.8 cm³/mol. The molecule has 6 heteroatoms. The van der Waals surface area contributed by atoms with Crippen LogP contribution in [0, 0.1) is 17.5 Å². The summed E-state index contributed by atoms with van der Waals surface area (Å²) in [5, 5.41) is 10.0. The van der Waals surface area contributed by atoms with E-state index >= 15 is 0 Å². The second-order valence-electron chi connectivity index (χ2n) is 4.24. The van der Waals surface area contributed by atoms with Crippen molar-refractivity contribution in [2.24, 2.45) is 0 Å². The molecule has 0 aliphatic carbocycles. The zero-order valence-electron chi connectivity index (χ0n) is 10.0. The van der Waals surface area contributed by atoms with Gasteiger partial charge in [-0.1, -0.05) is 15.9 Å². The topological polar surface area (TPSA) is 20.2 Å². The molecule has 1 N–H and O–H groups in total. The lowest BCUT2D eigenvalue weighted by molar-refractivity contribution is 0.175. The van der Waals surface area contributed by atoms with Crippen molar-refractivity contribution in [2.75, 3.05) is 0 Å². The van der Waals surface area contributed by atoms with Gasteiger partial charge in [-0.15, -0.1) is 0 Å². The van der Waals surface area contributed by atoms with Crippen LogP contribution in [0.25, 0.3) is 0 Å². The Bertz CT molecular complexity index is 626. The lowest BCUT2D eigenvalue weighted by Gasteiger charge is -2.13. The Hall–Kier alpha value is -0.850. The fourth-order valence-corrected chi connectivity index (χ4v) is 2.69. The number of rotatable bonds is 3. The van der Waals surface area contributed by atoms with Crippen LogP contribution in [0.2, 0.25) is 0 Å². The molecule has 0 amide bonds. The normalized spacial score (nSPS) is 12.5. The van der Waals surface area contributed by atoms with Crippen molar-refractivity contribution in [3.8, 4) is 0 Å². The maximum Gasteiger partial charge on any atom is 0.143 e. The van der Waals surface area contributed by atoms with E-state index in [1.807, 2.05) is 0 Å². The summed E-state index contributed by atoms with van der Waals surface area (Å²) in [6, 6.07) is 6.22. The summed E-state index contributed by atoms with van der Waals surface area (Å²) in [4.78, 5) is 0. The van der Waals surface area contributed by atoms with Gasteiger partial charge in [-0.2, -0.15) is 0 Å². The third-order valence-electron chi connectivity index (χ3n) is 2.81. The van der Waals surface area contributed by atoms with Gasteiger partial charge < -0.3 is 5.11 Å². The second kappa shape index (κ2) is 6.28. The Balaban J connectivity index is 2.32. The summed E-state index contributed by atoms with van der Waals surface area (Å²) in [5.74, 6) is -2.05. The predicted octanol–water partition coefficient (Wildman–Crippen LogP) is 4.91. The first-order chi connectivity index (χ1) is 9.38. The molecule has 0 saturated heterocycles. The highest BCUT2D eigenvalue weighted by Crippen LogP contribution is 2.28. The molecule has 1 unspecified atom stereocenters. The number of halogens is 5. The van der Waals surface area contributed by atoms with Gasteiger partial charge in [-0.3, -0.25) is 0 Å². The highest BCUT2D eigenvalue weighted by Gasteiger charge is 2.18. The van der Waals surface area contributed by atoms with E-state index in [1.165, 1.54) is 18.2 Å². The first-order valence-electron chi connectivity index (χ1n) is 5.65. The molecule has 0 aliphatic heterocycles. The van der Waals surface area contributed by atoms with Crippen LogP contribution in [0.5, 0.6) is 0 Å². The zero-order chi connectivity index (χ0) is 14.9. The van der Waals surface area contributed by atoms with Gasteiger partial charge in [-0.05, 0) is 51.8 Å². The first kappa shape index (κ1) is 15.5. The van der Waals surface area contributed by atoms with Gasteiger partial charge in [0.25, 0.3) is 0 Å². The van der Waals surface area contributed by atoms with Crippen molar-refractivity contribution in [2.45, 2.75) is 12.5 Å². The molecule has 1 nitrogen and oxygen atoms in total. The van der Waals surface area contributed by atoms with E-state index in [4.69, 9.17) is 0 Å². The van der Waals surface area contributed by atoms with E-state index in [0.717, 1.165) is 12.1 Å². The molecule has 0 aliphatic rings. The largest absolute Gasteiger partial charge is 0.388 e. The summed E-state index contributed by atoms with van der Waals surface area (Å²) >= 11 is 6.06. The van der Waals surface area contributed by atoms with Gasteiger partial charge in [0.05, 0.1) is 10.6 Å². The molecule has 0 saturated carbocycles. The van der Waals surface area contributed by atoms with Crippen LogP contribution in [-0.2, 0) is 6.42 Å². The minimum atomic E-state index is -1.21. The van der Waals surface area contributed by atoms with Crippen LogP contribution < -0.4 is 0 Å². The molecule has 1 atom stereocenters. The number of benzene rings is 2. The highest BCUT2D eigenvalue weighted by molar-refractivity contribution is 9.10. The number of aliphatic hydroxyl groups excluding tert-OH is 1. The van der Waals surface area contributed by atoms with Gasteiger partial charge in [0.2, 0.25) is 0 Å². The molecule has 2 rings (SSSR count). The van der Waals surface area contributed by atoms with Crippen molar-refractivity contribution in [3.05, 3.63) is 67.9 Å². The van der Waals surface area contributed by atoms with Crippen LogP contribution in [-0.4, -0.2) is 5.11 Å². The lowest BCUT2D eigenvalue weighted by atomic mass is 10.0. The molecule has 0 fully saturated rings. The van der Waals surface area contributed by atoms with Crippen LogP contribution in [0.3, 0.4) is 0 Å². The molecule has 2 aromatic carbocycles. The molecular weight excluding hydrogens is 401 g/mol. The van der Waals surface area contributed by atoms with Crippen LogP contribution in [0.1, 0.15) is 17.2 Å². The number of hydrogen-bond donors (Lipinski definition) is 1. The third-order valence-corrected chi connectivity index (χ3v) is 3.88. The molecule has 106 valence electrons. The summed E-state index contributed by atoms with van der Waals surface area (Å²) in [7, 11) is 0. The molecule has 0 aromatic heterocycles. The first-order valence-corrected chi connectivity index (χ1v) is 7.23. The van der Waals surface area contributed by atoms with Crippen LogP contribution >= 0.6 is 31.9 Å². The van der Waals surface area contributed by atoms with Gasteiger partial charge >= 0.3 is 0 Å². The van der Waals surface area contributed by atoms with Gasteiger partial charge in [0.1, 0.15) is 17.5 Å². The zero-order valence-corrected chi connectivity index (χ0v) is 13.2. The van der Waals surface area contributed by atoms with E-state index in [2.05, 4.69) is 31.9 Å². The Morgan fingerprint density at radius 2 is 1.75 bits per heavy atom. The molecule has 2 aromatic rings. The van der Waals surface area contributed by atoms with Gasteiger partial charge in [-0.25, -0.2) is 13.2 Å². The fraction of sp³-hybridized carbons (Fsp3) is 0.143. The molecule has 20 heavy (non-hydrogen) atoms. The fourth-order valence-electron chi connectivity index (χ4n) is 1.83.